The van der Waals surface area contributed by atoms with E-state index in [1.54, 1.807) is 14.2 Å². The van der Waals surface area contributed by atoms with Gasteiger partial charge in [0.05, 0.1) is 25.3 Å². The molecule has 1 fully saturated rings. The minimum Gasteiger partial charge on any atom is -0.493 e. The number of nitrogens with two attached hydrogens (primary N) is 1. The summed E-state index contributed by atoms with van der Waals surface area (Å²) in [5.74, 6) is 1.86. The summed E-state index contributed by atoms with van der Waals surface area (Å²) in [6, 6.07) is 3.81. The molecule has 6 nitrogen and oxygen atoms in total. The Morgan fingerprint density at radius 1 is 1.19 bits per heavy atom. The van der Waals surface area contributed by atoms with E-state index in [1.165, 1.54) is 0 Å². The number of nitrogens with zero attached hydrogens (tertiary/aromatic N) is 2. The predicted octanol–water partition coefficient (Wildman–Crippen LogP) is 2.16. The van der Waals surface area contributed by atoms with E-state index in [-0.39, 0.29) is 5.54 Å². The van der Waals surface area contributed by atoms with Crippen LogP contribution in [0.3, 0.4) is 0 Å². The molecule has 6 heteroatoms. The Morgan fingerprint density at radius 2 is 1.81 bits per heavy atom. The monoisotopic (exact) mass is 291 g/mol. The summed E-state index contributed by atoms with van der Waals surface area (Å²) in [7, 11) is 3.24. The van der Waals surface area contributed by atoms with E-state index in [1.807, 2.05) is 12.1 Å². The van der Waals surface area contributed by atoms with Crippen molar-refractivity contribution in [2.45, 2.75) is 25.3 Å². The number of aromatic nitrogens is 2. The first-order valence-electron chi connectivity index (χ1n) is 7.07. The number of imidazole rings is 1. The smallest absolute Gasteiger partial charge is 0.201 e. The first kappa shape index (κ1) is 14.0. The standard InChI is InChI=1S/C15H21N3O3/c1-15(4-6-21-7-5-15)18-11-9-13(20-3)12(19-2)8-10(11)17-14(18)16/h8-9H,4-7H2,1-3H3,(H2,16,17). The van der Waals surface area contributed by atoms with Crippen molar-refractivity contribution in [3.8, 4) is 11.5 Å². The van der Waals surface area contributed by atoms with Gasteiger partial charge in [-0.2, -0.15) is 0 Å². The molecule has 1 aliphatic rings. The molecule has 0 saturated carbocycles. The molecule has 0 unspecified atom stereocenters. The van der Waals surface area contributed by atoms with Crippen molar-refractivity contribution in [3.63, 3.8) is 0 Å². The summed E-state index contributed by atoms with van der Waals surface area (Å²) in [4.78, 5) is 4.48. The van der Waals surface area contributed by atoms with Crippen LogP contribution in [0.1, 0.15) is 19.8 Å². The molecule has 0 atom stereocenters. The molecule has 1 aromatic carbocycles. The third-order valence-electron chi connectivity index (χ3n) is 4.30. The maximum Gasteiger partial charge on any atom is 0.201 e. The van der Waals surface area contributed by atoms with Gasteiger partial charge >= 0.3 is 0 Å². The fourth-order valence-electron chi connectivity index (χ4n) is 3.03. The van der Waals surface area contributed by atoms with Gasteiger partial charge in [-0.05, 0) is 19.8 Å². The summed E-state index contributed by atoms with van der Waals surface area (Å²) in [6.07, 6.45) is 1.83. The first-order valence-corrected chi connectivity index (χ1v) is 7.07. The van der Waals surface area contributed by atoms with Gasteiger partial charge in [0, 0.05) is 30.9 Å². The zero-order chi connectivity index (χ0) is 15.0. The fourth-order valence-corrected chi connectivity index (χ4v) is 3.03. The highest BCUT2D eigenvalue weighted by atomic mass is 16.5. The highest BCUT2D eigenvalue weighted by molar-refractivity contribution is 5.83. The zero-order valence-corrected chi connectivity index (χ0v) is 12.7. The molecule has 1 aliphatic heterocycles. The number of nitrogen functional groups attached to an aromatic ring is 1. The number of methoxy groups -OCH3 is 2. The third-order valence-corrected chi connectivity index (χ3v) is 4.30. The lowest BCUT2D eigenvalue weighted by Crippen LogP contribution is -2.37. The molecule has 114 valence electrons. The van der Waals surface area contributed by atoms with Crippen LogP contribution in [0.5, 0.6) is 11.5 Å². The molecular weight excluding hydrogens is 270 g/mol. The van der Waals surface area contributed by atoms with Gasteiger partial charge in [0.1, 0.15) is 0 Å². The van der Waals surface area contributed by atoms with Crippen molar-refractivity contribution in [2.75, 3.05) is 33.2 Å². The Morgan fingerprint density at radius 3 is 2.43 bits per heavy atom. The SMILES string of the molecule is COc1cc2nc(N)n(C3(C)CCOCC3)c2cc1OC. The van der Waals surface area contributed by atoms with Crippen LogP contribution < -0.4 is 15.2 Å². The molecule has 2 aromatic rings. The van der Waals surface area contributed by atoms with Gasteiger partial charge in [0.2, 0.25) is 5.95 Å². The van der Waals surface area contributed by atoms with Crippen LogP contribution in [-0.2, 0) is 10.3 Å². The van der Waals surface area contributed by atoms with E-state index in [4.69, 9.17) is 19.9 Å². The maximum absolute atomic E-state index is 6.18. The summed E-state index contributed by atoms with van der Waals surface area (Å²) in [5, 5.41) is 0. The van der Waals surface area contributed by atoms with Gasteiger partial charge in [-0.1, -0.05) is 0 Å². The molecule has 0 spiro atoms. The molecule has 0 bridgehead atoms. The highest BCUT2D eigenvalue weighted by Crippen LogP contribution is 2.38. The fraction of sp³-hybridized carbons (Fsp3) is 0.533. The van der Waals surface area contributed by atoms with Crippen LogP contribution in [0.25, 0.3) is 11.0 Å². The summed E-state index contributed by atoms with van der Waals surface area (Å²) in [6.45, 7) is 3.68. The van der Waals surface area contributed by atoms with Crippen LogP contribution >= 0.6 is 0 Å². The van der Waals surface area contributed by atoms with Gasteiger partial charge in [0.25, 0.3) is 0 Å². The van der Waals surface area contributed by atoms with Gasteiger partial charge in [-0.15, -0.1) is 0 Å². The molecule has 1 saturated heterocycles. The lowest BCUT2D eigenvalue weighted by atomic mass is 9.92. The number of ether oxygens (including phenoxy) is 3. The molecule has 0 aliphatic carbocycles. The third kappa shape index (κ3) is 2.19. The van der Waals surface area contributed by atoms with E-state index in [0.717, 1.165) is 37.1 Å². The Hall–Kier alpha value is -1.95. The average Bonchev–Trinajstić information content (AvgIpc) is 2.81. The lowest BCUT2D eigenvalue weighted by Gasteiger charge is -2.36. The van der Waals surface area contributed by atoms with E-state index in [2.05, 4.69) is 16.5 Å². The van der Waals surface area contributed by atoms with Crippen molar-refractivity contribution < 1.29 is 14.2 Å². The van der Waals surface area contributed by atoms with E-state index >= 15 is 0 Å². The summed E-state index contributed by atoms with van der Waals surface area (Å²) in [5.41, 5.74) is 7.88. The number of hydrogen-bond donors (Lipinski definition) is 1. The Bertz CT molecular complexity index is 660. The van der Waals surface area contributed by atoms with E-state index in [9.17, 15) is 0 Å². The zero-order valence-electron chi connectivity index (χ0n) is 12.7. The van der Waals surface area contributed by atoms with Crippen LogP contribution in [0, 0.1) is 0 Å². The van der Waals surface area contributed by atoms with Gasteiger partial charge in [-0.3, -0.25) is 0 Å². The number of hydrogen-bond acceptors (Lipinski definition) is 5. The highest BCUT2D eigenvalue weighted by Gasteiger charge is 2.32. The number of benzene rings is 1. The minimum absolute atomic E-state index is 0.0866. The van der Waals surface area contributed by atoms with Crippen molar-refractivity contribution in [1.82, 2.24) is 9.55 Å². The number of fused-ring (bicyclic) bond motifs is 1. The van der Waals surface area contributed by atoms with Gasteiger partial charge in [-0.25, -0.2) is 4.98 Å². The Balaban J connectivity index is 2.20. The number of anilines is 1. The quantitative estimate of drug-likeness (QED) is 0.938. The van der Waals surface area contributed by atoms with Gasteiger partial charge < -0.3 is 24.5 Å². The van der Waals surface area contributed by atoms with Crippen LogP contribution in [0.2, 0.25) is 0 Å². The van der Waals surface area contributed by atoms with Crippen molar-refractivity contribution in [3.05, 3.63) is 12.1 Å². The second-order valence-electron chi connectivity index (χ2n) is 5.61. The maximum atomic E-state index is 6.18. The molecule has 0 amide bonds. The molecular formula is C15H21N3O3. The normalized spacial score (nSPS) is 17.9. The Kier molecular flexibility index (Phi) is 3.41. The second-order valence-corrected chi connectivity index (χ2v) is 5.61. The van der Waals surface area contributed by atoms with Crippen molar-refractivity contribution >= 4 is 17.0 Å². The average molecular weight is 291 g/mol. The first-order chi connectivity index (χ1) is 10.1. The van der Waals surface area contributed by atoms with Crippen LogP contribution in [0.4, 0.5) is 5.95 Å². The summed E-state index contributed by atoms with van der Waals surface area (Å²) < 4.78 is 18.3. The predicted molar refractivity (Wildman–Crippen MR) is 81.0 cm³/mol. The molecule has 2 heterocycles. The molecule has 0 radical (unpaired) electrons. The second kappa shape index (κ2) is 5.11. The number of rotatable bonds is 3. The Labute approximate surface area is 123 Å². The molecule has 21 heavy (non-hydrogen) atoms. The summed E-state index contributed by atoms with van der Waals surface area (Å²) >= 11 is 0. The largest absolute Gasteiger partial charge is 0.493 e. The topological polar surface area (TPSA) is 71.5 Å². The molecule has 1 aromatic heterocycles. The van der Waals surface area contributed by atoms with E-state index < -0.39 is 0 Å². The van der Waals surface area contributed by atoms with Crippen molar-refractivity contribution in [1.29, 1.82) is 0 Å². The van der Waals surface area contributed by atoms with Crippen LogP contribution in [0.15, 0.2) is 12.1 Å². The van der Waals surface area contributed by atoms with E-state index in [0.29, 0.717) is 17.4 Å². The minimum atomic E-state index is -0.0866. The van der Waals surface area contributed by atoms with Gasteiger partial charge in [0.15, 0.2) is 11.5 Å². The molecule has 2 N–H and O–H groups in total. The molecule has 3 rings (SSSR count). The van der Waals surface area contributed by atoms with Crippen molar-refractivity contribution in [2.24, 2.45) is 0 Å². The lowest BCUT2D eigenvalue weighted by molar-refractivity contribution is 0.0320. The van der Waals surface area contributed by atoms with Crippen LogP contribution in [-0.4, -0.2) is 37.0 Å².